The summed E-state index contributed by atoms with van der Waals surface area (Å²) >= 11 is 0. The molecule has 1 aliphatic carbocycles. The van der Waals surface area contributed by atoms with Crippen molar-refractivity contribution < 1.29 is 4.79 Å². The Morgan fingerprint density at radius 2 is 1.94 bits per heavy atom. The number of anilines is 1. The molecule has 0 atom stereocenters. The van der Waals surface area contributed by atoms with Gasteiger partial charge in [0, 0.05) is 5.69 Å². The fraction of sp³-hybridized carbons (Fsp3) is 0.429. The van der Waals surface area contributed by atoms with Gasteiger partial charge in [0.1, 0.15) is 12.1 Å². The predicted molar refractivity (Wildman–Crippen MR) is 69.8 cm³/mol. The van der Waals surface area contributed by atoms with E-state index < -0.39 is 5.54 Å². The van der Waals surface area contributed by atoms with E-state index in [1.54, 1.807) is 0 Å². The highest BCUT2D eigenvalue weighted by Gasteiger charge is 2.44. The second-order valence-corrected chi connectivity index (χ2v) is 4.68. The summed E-state index contributed by atoms with van der Waals surface area (Å²) in [6, 6.07) is 11.7. The van der Waals surface area contributed by atoms with Crippen molar-refractivity contribution in [2.24, 2.45) is 5.73 Å². The first-order valence-corrected chi connectivity index (χ1v) is 6.20. The summed E-state index contributed by atoms with van der Waals surface area (Å²) < 4.78 is 0. The molecular formula is C14H17N3O. The number of carbonyl (C=O) groups is 1. The first-order valence-electron chi connectivity index (χ1n) is 6.20. The van der Waals surface area contributed by atoms with E-state index in [0.29, 0.717) is 0 Å². The molecule has 0 heterocycles. The lowest BCUT2D eigenvalue weighted by atomic mass is 9.93. The van der Waals surface area contributed by atoms with Gasteiger partial charge in [0.2, 0.25) is 5.91 Å². The summed E-state index contributed by atoms with van der Waals surface area (Å²) in [4.78, 5) is 13.7. The number of nitrogens with zero attached hydrogens (tertiary/aromatic N) is 2. The number of hydrogen-bond donors (Lipinski definition) is 1. The first-order chi connectivity index (χ1) is 8.70. The second-order valence-electron chi connectivity index (χ2n) is 4.68. The second kappa shape index (κ2) is 5.09. The third-order valence-electron chi connectivity index (χ3n) is 3.70. The van der Waals surface area contributed by atoms with Crippen molar-refractivity contribution in [3.63, 3.8) is 0 Å². The van der Waals surface area contributed by atoms with Gasteiger partial charge in [0.25, 0.3) is 0 Å². The molecule has 1 aromatic rings. The van der Waals surface area contributed by atoms with Crippen LogP contribution in [0.3, 0.4) is 0 Å². The van der Waals surface area contributed by atoms with Crippen molar-refractivity contribution in [3.8, 4) is 6.07 Å². The van der Waals surface area contributed by atoms with Gasteiger partial charge in [0.05, 0.1) is 6.07 Å². The Morgan fingerprint density at radius 1 is 1.33 bits per heavy atom. The minimum atomic E-state index is -0.683. The fourth-order valence-electron chi connectivity index (χ4n) is 2.78. The zero-order valence-corrected chi connectivity index (χ0v) is 10.3. The Hall–Kier alpha value is -2.02. The molecule has 2 rings (SSSR count). The highest BCUT2D eigenvalue weighted by Crippen LogP contribution is 2.37. The van der Waals surface area contributed by atoms with Crippen molar-refractivity contribution in [3.05, 3.63) is 30.3 Å². The van der Waals surface area contributed by atoms with Gasteiger partial charge in [-0.1, -0.05) is 31.0 Å². The maximum absolute atomic E-state index is 11.9. The highest BCUT2D eigenvalue weighted by molar-refractivity contribution is 5.89. The maximum Gasteiger partial charge on any atom is 0.243 e. The molecule has 94 valence electrons. The number of nitriles is 1. The number of benzene rings is 1. The van der Waals surface area contributed by atoms with Crippen molar-refractivity contribution in [2.75, 3.05) is 11.4 Å². The van der Waals surface area contributed by atoms with E-state index in [1.165, 1.54) is 0 Å². The summed E-state index contributed by atoms with van der Waals surface area (Å²) in [5, 5.41) is 9.01. The van der Waals surface area contributed by atoms with Gasteiger partial charge in [-0.25, -0.2) is 0 Å². The van der Waals surface area contributed by atoms with Gasteiger partial charge < -0.3 is 10.6 Å². The average Bonchev–Trinajstić information content (AvgIpc) is 2.87. The van der Waals surface area contributed by atoms with Crippen molar-refractivity contribution in [1.29, 1.82) is 5.26 Å². The average molecular weight is 243 g/mol. The van der Waals surface area contributed by atoms with Crippen LogP contribution in [-0.4, -0.2) is 18.0 Å². The first kappa shape index (κ1) is 12.4. The maximum atomic E-state index is 11.9. The SMILES string of the molecule is N#CCN(c1ccccc1)C1(C(N)=O)CCCC1. The Balaban J connectivity index is 2.41. The quantitative estimate of drug-likeness (QED) is 0.820. The smallest absolute Gasteiger partial charge is 0.243 e. The van der Waals surface area contributed by atoms with E-state index in [0.717, 1.165) is 31.4 Å². The molecule has 0 bridgehead atoms. The Kier molecular flexibility index (Phi) is 3.52. The van der Waals surface area contributed by atoms with Crippen molar-refractivity contribution >= 4 is 11.6 Å². The molecule has 18 heavy (non-hydrogen) atoms. The summed E-state index contributed by atoms with van der Waals surface area (Å²) in [6.07, 6.45) is 3.44. The molecule has 4 nitrogen and oxygen atoms in total. The lowest BCUT2D eigenvalue weighted by molar-refractivity contribution is -0.123. The van der Waals surface area contributed by atoms with Crippen LogP contribution in [-0.2, 0) is 4.79 Å². The van der Waals surface area contributed by atoms with Crippen LogP contribution >= 0.6 is 0 Å². The molecule has 4 heteroatoms. The molecule has 1 fully saturated rings. The molecule has 1 aromatic carbocycles. The van der Waals surface area contributed by atoms with Gasteiger partial charge >= 0.3 is 0 Å². The largest absolute Gasteiger partial charge is 0.368 e. The van der Waals surface area contributed by atoms with Gasteiger partial charge in [0.15, 0.2) is 0 Å². The van der Waals surface area contributed by atoms with E-state index in [4.69, 9.17) is 11.0 Å². The summed E-state index contributed by atoms with van der Waals surface area (Å²) in [5.74, 6) is -0.320. The zero-order chi connectivity index (χ0) is 13.0. The number of hydrogen-bond acceptors (Lipinski definition) is 3. The Bertz CT molecular complexity index is 458. The number of para-hydroxylation sites is 1. The van der Waals surface area contributed by atoms with Gasteiger partial charge in [-0.15, -0.1) is 0 Å². The van der Waals surface area contributed by atoms with Crippen LogP contribution in [0.2, 0.25) is 0 Å². The summed E-state index contributed by atoms with van der Waals surface area (Å²) in [5.41, 5.74) is 5.82. The number of nitrogens with two attached hydrogens (primary N) is 1. The molecule has 0 aromatic heterocycles. The van der Waals surface area contributed by atoms with Gasteiger partial charge in [-0.3, -0.25) is 4.79 Å². The molecule has 2 N–H and O–H groups in total. The van der Waals surface area contributed by atoms with E-state index in [2.05, 4.69) is 6.07 Å². The molecule has 0 spiro atoms. The van der Waals surface area contributed by atoms with Crippen molar-refractivity contribution in [2.45, 2.75) is 31.2 Å². The van der Waals surface area contributed by atoms with E-state index in [-0.39, 0.29) is 12.5 Å². The zero-order valence-electron chi connectivity index (χ0n) is 10.3. The number of rotatable bonds is 4. The summed E-state index contributed by atoms with van der Waals surface area (Å²) in [6.45, 7) is 0.187. The van der Waals surface area contributed by atoms with Crippen LogP contribution in [0.15, 0.2) is 30.3 Å². The van der Waals surface area contributed by atoms with Gasteiger partial charge in [-0.05, 0) is 25.0 Å². The normalized spacial score (nSPS) is 17.1. The monoisotopic (exact) mass is 243 g/mol. The van der Waals surface area contributed by atoms with Crippen LogP contribution in [0, 0.1) is 11.3 Å². The van der Waals surface area contributed by atoms with Crippen LogP contribution in [0.1, 0.15) is 25.7 Å². The molecule has 1 saturated carbocycles. The van der Waals surface area contributed by atoms with E-state index in [9.17, 15) is 4.79 Å². The van der Waals surface area contributed by atoms with E-state index >= 15 is 0 Å². The fourth-order valence-corrected chi connectivity index (χ4v) is 2.78. The minimum Gasteiger partial charge on any atom is -0.368 e. The molecule has 1 amide bonds. The summed E-state index contributed by atoms with van der Waals surface area (Å²) in [7, 11) is 0. The lowest BCUT2D eigenvalue weighted by Crippen LogP contribution is -2.56. The van der Waals surface area contributed by atoms with E-state index in [1.807, 2.05) is 35.2 Å². The lowest BCUT2D eigenvalue weighted by Gasteiger charge is -2.39. The number of primary amides is 1. The van der Waals surface area contributed by atoms with Gasteiger partial charge in [-0.2, -0.15) is 5.26 Å². The molecule has 0 saturated heterocycles. The third-order valence-corrected chi connectivity index (χ3v) is 3.70. The molecule has 0 unspecified atom stereocenters. The predicted octanol–water partition coefficient (Wildman–Crippen LogP) is 1.81. The molecule has 1 aliphatic rings. The third kappa shape index (κ3) is 2.04. The topological polar surface area (TPSA) is 70.1 Å². The van der Waals surface area contributed by atoms with Crippen LogP contribution in [0.4, 0.5) is 5.69 Å². The van der Waals surface area contributed by atoms with Crippen LogP contribution in [0.5, 0.6) is 0 Å². The number of amides is 1. The minimum absolute atomic E-state index is 0.187. The number of carbonyl (C=O) groups excluding carboxylic acids is 1. The standard InChI is InChI=1S/C14H17N3O/c15-10-11-17(12-6-2-1-3-7-12)14(13(16)18)8-4-5-9-14/h1-3,6-7H,4-5,8-9,11H2,(H2,16,18). The molecule has 0 aliphatic heterocycles. The van der Waals surface area contributed by atoms with Crippen molar-refractivity contribution in [1.82, 2.24) is 0 Å². The molecule has 0 radical (unpaired) electrons. The Labute approximate surface area is 107 Å². The van der Waals surface area contributed by atoms with Crippen LogP contribution < -0.4 is 10.6 Å². The Morgan fingerprint density at radius 3 is 2.44 bits per heavy atom. The molecular weight excluding hydrogens is 226 g/mol. The highest BCUT2D eigenvalue weighted by atomic mass is 16.1. The van der Waals surface area contributed by atoms with Crippen LogP contribution in [0.25, 0.3) is 0 Å².